The number of anilines is 1. The summed E-state index contributed by atoms with van der Waals surface area (Å²) in [5, 5.41) is 6.04. The summed E-state index contributed by atoms with van der Waals surface area (Å²) in [6, 6.07) is 5.74. The lowest BCUT2D eigenvalue weighted by Crippen LogP contribution is -2.39. The number of pyridine rings is 1. The van der Waals surface area contributed by atoms with Crippen molar-refractivity contribution in [2.45, 2.75) is 45.6 Å². The fourth-order valence-corrected chi connectivity index (χ4v) is 2.50. The minimum Gasteiger partial charge on any atom is -0.373 e. The predicted octanol–water partition coefficient (Wildman–Crippen LogP) is 2.82. The van der Waals surface area contributed by atoms with Gasteiger partial charge < -0.3 is 10.6 Å². The Balaban J connectivity index is 1.94. The molecule has 4 nitrogen and oxygen atoms in total. The normalized spacial score (nSPS) is 18.9. The Bertz CT molecular complexity index is 446. The molecule has 0 atom stereocenters. The van der Waals surface area contributed by atoms with E-state index < -0.39 is 0 Å². The Morgan fingerprint density at radius 3 is 2.63 bits per heavy atom. The molecule has 4 heteroatoms. The van der Waals surface area contributed by atoms with Crippen LogP contribution in [0.1, 0.15) is 50.0 Å². The lowest BCUT2D eigenvalue weighted by atomic mass is 9.75. The van der Waals surface area contributed by atoms with E-state index in [1.807, 2.05) is 12.1 Å². The molecule has 0 saturated heterocycles. The molecule has 1 aliphatic carbocycles. The van der Waals surface area contributed by atoms with Crippen LogP contribution in [0.2, 0.25) is 0 Å². The van der Waals surface area contributed by atoms with Crippen LogP contribution in [-0.2, 0) is 0 Å². The number of hydrogen-bond donors (Lipinski definition) is 2. The predicted molar refractivity (Wildman–Crippen MR) is 77.3 cm³/mol. The number of carbonyl (C=O) groups excluding carboxylic acids is 1. The molecule has 1 amide bonds. The first-order valence-electron chi connectivity index (χ1n) is 6.96. The molecule has 2 rings (SSSR count). The Morgan fingerprint density at radius 1 is 1.32 bits per heavy atom. The number of nitrogens with one attached hydrogen (secondary N) is 2. The Kier molecular flexibility index (Phi) is 4.08. The third-order valence-electron chi connectivity index (χ3n) is 3.91. The summed E-state index contributed by atoms with van der Waals surface area (Å²) >= 11 is 0. The molecule has 2 N–H and O–H groups in total. The second-order valence-corrected chi connectivity index (χ2v) is 6.07. The van der Waals surface area contributed by atoms with Gasteiger partial charge in [-0.3, -0.25) is 4.79 Å². The average Bonchev–Trinajstić information content (AvgIpc) is 2.41. The summed E-state index contributed by atoms with van der Waals surface area (Å²) in [5.74, 6) is 0.652. The van der Waals surface area contributed by atoms with E-state index in [2.05, 4.69) is 29.5 Å². The third-order valence-corrected chi connectivity index (χ3v) is 3.91. The molecule has 1 aliphatic rings. The maximum Gasteiger partial charge on any atom is 0.270 e. The van der Waals surface area contributed by atoms with Crippen LogP contribution in [0.4, 0.5) is 5.82 Å². The van der Waals surface area contributed by atoms with E-state index in [4.69, 9.17) is 0 Å². The minimum absolute atomic E-state index is 0.0678. The van der Waals surface area contributed by atoms with Crippen LogP contribution < -0.4 is 10.6 Å². The van der Waals surface area contributed by atoms with E-state index in [1.165, 1.54) is 12.8 Å². The van der Waals surface area contributed by atoms with Crippen molar-refractivity contribution in [3.8, 4) is 0 Å². The van der Waals surface area contributed by atoms with Crippen molar-refractivity contribution < 1.29 is 4.79 Å². The van der Waals surface area contributed by atoms with Crippen molar-refractivity contribution >= 4 is 11.7 Å². The molecule has 1 fully saturated rings. The molecule has 0 unspecified atom stereocenters. The maximum atomic E-state index is 12.1. The highest BCUT2D eigenvalue weighted by Crippen LogP contribution is 2.35. The molecule has 104 valence electrons. The third kappa shape index (κ3) is 3.69. The molecule has 0 aliphatic heterocycles. The van der Waals surface area contributed by atoms with Crippen molar-refractivity contribution in [1.29, 1.82) is 0 Å². The summed E-state index contributed by atoms with van der Waals surface area (Å²) in [4.78, 5) is 16.4. The highest BCUT2D eigenvalue weighted by molar-refractivity contribution is 5.92. The van der Waals surface area contributed by atoms with Crippen molar-refractivity contribution in [2.24, 2.45) is 5.41 Å². The quantitative estimate of drug-likeness (QED) is 0.879. The summed E-state index contributed by atoms with van der Waals surface area (Å²) in [7, 11) is 1.80. The zero-order valence-electron chi connectivity index (χ0n) is 12.0. The van der Waals surface area contributed by atoms with Gasteiger partial charge in [-0.25, -0.2) is 4.98 Å². The molecule has 1 aromatic heterocycles. The van der Waals surface area contributed by atoms with Gasteiger partial charge in [0.05, 0.1) is 0 Å². The van der Waals surface area contributed by atoms with Crippen LogP contribution in [0, 0.1) is 5.41 Å². The molecule has 1 heterocycles. The van der Waals surface area contributed by atoms with E-state index in [0.29, 0.717) is 17.2 Å². The first kappa shape index (κ1) is 13.8. The van der Waals surface area contributed by atoms with Crippen LogP contribution in [0.3, 0.4) is 0 Å². The molecule has 19 heavy (non-hydrogen) atoms. The Morgan fingerprint density at radius 2 is 2.00 bits per heavy atom. The van der Waals surface area contributed by atoms with Crippen molar-refractivity contribution in [3.05, 3.63) is 23.9 Å². The van der Waals surface area contributed by atoms with Crippen molar-refractivity contribution in [3.63, 3.8) is 0 Å². The minimum atomic E-state index is -0.0678. The zero-order chi connectivity index (χ0) is 13.9. The van der Waals surface area contributed by atoms with Gasteiger partial charge in [-0.15, -0.1) is 0 Å². The van der Waals surface area contributed by atoms with Crippen LogP contribution in [0.5, 0.6) is 0 Å². The van der Waals surface area contributed by atoms with Gasteiger partial charge in [0.15, 0.2) is 0 Å². The van der Waals surface area contributed by atoms with E-state index >= 15 is 0 Å². The molecule has 0 aromatic carbocycles. The van der Waals surface area contributed by atoms with Gasteiger partial charge in [0.1, 0.15) is 11.5 Å². The highest BCUT2D eigenvalue weighted by Gasteiger charge is 2.27. The number of nitrogens with zero attached hydrogens (tertiary/aromatic N) is 1. The molecule has 0 spiro atoms. The topological polar surface area (TPSA) is 54.0 Å². The summed E-state index contributed by atoms with van der Waals surface area (Å²) in [6.45, 7) is 4.59. The smallest absolute Gasteiger partial charge is 0.270 e. The van der Waals surface area contributed by atoms with Crippen LogP contribution in [0.15, 0.2) is 18.2 Å². The van der Waals surface area contributed by atoms with E-state index in [1.54, 1.807) is 13.1 Å². The number of carbonyl (C=O) groups is 1. The summed E-state index contributed by atoms with van der Waals surface area (Å²) in [5.41, 5.74) is 0.905. The van der Waals surface area contributed by atoms with Gasteiger partial charge in [0.2, 0.25) is 0 Å². The maximum absolute atomic E-state index is 12.1. The molecular weight excluding hydrogens is 238 g/mol. The standard InChI is InChI=1S/C15H23N3O/c1-15(2)9-7-11(8-10-15)17-14(19)12-5-4-6-13(16-3)18-12/h4-6,11H,7-10H2,1-3H3,(H,16,18)(H,17,19). The fraction of sp³-hybridized carbons (Fsp3) is 0.600. The first-order chi connectivity index (χ1) is 9.00. The van der Waals surface area contributed by atoms with Gasteiger partial charge in [-0.1, -0.05) is 19.9 Å². The van der Waals surface area contributed by atoms with Crippen LogP contribution in [0.25, 0.3) is 0 Å². The average molecular weight is 261 g/mol. The van der Waals surface area contributed by atoms with Gasteiger partial charge in [0, 0.05) is 13.1 Å². The molecule has 0 radical (unpaired) electrons. The van der Waals surface area contributed by atoms with Gasteiger partial charge in [0.25, 0.3) is 5.91 Å². The van der Waals surface area contributed by atoms with Crippen molar-refractivity contribution in [2.75, 3.05) is 12.4 Å². The molecular formula is C15H23N3O. The lowest BCUT2D eigenvalue weighted by molar-refractivity contribution is 0.0904. The number of hydrogen-bond acceptors (Lipinski definition) is 3. The van der Waals surface area contributed by atoms with Crippen LogP contribution >= 0.6 is 0 Å². The zero-order valence-corrected chi connectivity index (χ0v) is 12.0. The summed E-state index contributed by atoms with van der Waals surface area (Å²) < 4.78 is 0. The van der Waals surface area contributed by atoms with Gasteiger partial charge in [-0.2, -0.15) is 0 Å². The van der Waals surface area contributed by atoms with Crippen molar-refractivity contribution in [1.82, 2.24) is 10.3 Å². The SMILES string of the molecule is CNc1cccc(C(=O)NC2CCC(C)(C)CC2)n1. The second-order valence-electron chi connectivity index (χ2n) is 6.07. The Hall–Kier alpha value is -1.58. The summed E-state index contributed by atoms with van der Waals surface area (Å²) in [6.07, 6.45) is 4.46. The lowest BCUT2D eigenvalue weighted by Gasteiger charge is -2.34. The monoisotopic (exact) mass is 261 g/mol. The van der Waals surface area contributed by atoms with E-state index in [0.717, 1.165) is 18.7 Å². The van der Waals surface area contributed by atoms with Crippen LogP contribution in [-0.4, -0.2) is 24.0 Å². The molecule has 1 aromatic rings. The van der Waals surface area contributed by atoms with E-state index in [-0.39, 0.29) is 5.91 Å². The number of rotatable bonds is 3. The highest BCUT2D eigenvalue weighted by atomic mass is 16.1. The number of aromatic nitrogens is 1. The Labute approximate surface area is 115 Å². The second kappa shape index (κ2) is 5.59. The van der Waals surface area contributed by atoms with E-state index in [9.17, 15) is 4.79 Å². The number of amides is 1. The molecule has 0 bridgehead atoms. The largest absolute Gasteiger partial charge is 0.373 e. The van der Waals surface area contributed by atoms with Gasteiger partial charge in [-0.05, 0) is 43.2 Å². The van der Waals surface area contributed by atoms with Gasteiger partial charge >= 0.3 is 0 Å². The first-order valence-corrected chi connectivity index (χ1v) is 6.96. The fourth-order valence-electron chi connectivity index (χ4n) is 2.50. The molecule has 1 saturated carbocycles.